The molecule has 0 saturated carbocycles. The van der Waals surface area contributed by atoms with E-state index in [0.717, 1.165) is 36.9 Å². The van der Waals surface area contributed by atoms with Crippen LogP contribution >= 0.6 is 0 Å². The van der Waals surface area contributed by atoms with E-state index in [1.54, 1.807) is 13.1 Å². The van der Waals surface area contributed by atoms with E-state index in [-0.39, 0.29) is 11.8 Å². The summed E-state index contributed by atoms with van der Waals surface area (Å²) < 4.78 is 9.26. The van der Waals surface area contributed by atoms with Crippen LogP contribution in [0.1, 0.15) is 52.5 Å². The third kappa shape index (κ3) is 3.24. The van der Waals surface area contributed by atoms with Gasteiger partial charge in [-0.1, -0.05) is 0 Å². The first kappa shape index (κ1) is 17.4. The van der Waals surface area contributed by atoms with E-state index in [4.69, 9.17) is 4.42 Å². The van der Waals surface area contributed by atoms with Gasteiger partial charge in [0.15, 0.2) is 17.9 Å². The largest absolute Gasteiger partial charge is 0.448 e. The number of imidazole rings is 1. The van der Waals surface area contributed by atoms with Crippen molar-refractivity contribution in [3.63, 3.8) is 0 Å². The maximum absolute atomic E-state index is 12.7. The van der Waals surface area contributed by atoms with Gasteiger partial charge in [0, 0.05) is 38.4 Å². The predicted octanol–water partition coefficient (Wildman–Crippen LogP) is 1.68. The average molecular weight is 369 g/mol. The Morgan fingerprint density at radius 3 is 2.85 bits per heavy atom. The Balaban J connectivity index is 1.51. The van der Waals surface area contributed by atoms with Crippen LogP contribution in [0.25, 0.3) is 0 Å². The van der Waals surface area contributed by atoms with E-state index >= 15 is 0 Å². The van der Waals surface area contributed by atoms with Gasteiger partial charge in [0.1, 0.15) is 17.4 Å². The molecule has 0 unspecified atom stereocenters. The summed E-state index contributed by atoms with van der Waals surface area (Å²) in [6.07, 6.45) is 6.94. The highest BCUT2D eigenvalue weighted by molar-refractivity contribution is 5.93. The van der Waals surface area contributed by atoms with E-state index in [2.05, 4.69) is 20.2 Å². The fraction of sp³-hybridized carbons (Fsp3) is 0.500. The average Bonchev–Trinajstić information content (AvgIpc) is 3.37. The molecule has 0 spiro atoms. The van der Waals surface area contributed by atoms with Crippen molar-refractivity contribution >= 4 is 5.91 Å². The molecule has 0 N–H and O–H groups in total. The molecule has 0 aromatic carbocycles. The van der Waals surface area contributed by atoms with Gasteiger partial charge in [0.2, 0.25) is 0 Å². The van der Waals surface area contributed by atoms with Crippen molar-refractivity contribution in [2.75, 3.05) is 13.1 Å². The molecule has 3 aromatic rings. The van der Waals surface area contributed by atoms with Crippen LogP contribution in [-0.4, -0.2) is 53.2 Å². The molecule has 0 radical (unpaired) electrons. The number of aromatic nitrogens is 6. The van der Waals surface area contributed by atoms with Gasteiger partial charge < -0.3 is 18.5 Å². The van der Waals surface area contributed by atoms with Gasteiger partial charge in [-0.15, -0.1) is 10.2 Å². The number of carbonyl (C=O) groups is 1. The molecule has 9 nitrogen and oxygen atoms in total. The van der Waals surface area contributed by atoms with Crippen molar-refractivity contribution in [1.82, 2.24) is 34.2 Å². The number of hydrogen-bond acceptors (Lipinski definition) is 6. The lowest BCUT2D eigenvalue weighted by Gasteiger charge is -2.31. The number of likely N-dealkylation sites (tertiary alicyclic amines) is 1. The summed E-state index contributed by atoms with van der Waals surface area (Å²) in [6, 6.07) is 0. The van der Waals surface area contributed by atoms with E-state index in [0.29, 0.717) is 24.5 Å². The topological polar surface area (TPSA) is 94.9 Å². The lowest BCUT2D eigenvalue weighted by molar-refractivity contribution is 0.0696. The standard InChI is InChI=1S/C18H23N7O2/c1-12-16(20-11-27-12)18(26)25-7-4-5-14(9-25)17-22-21-15(23(17)3)10-24-8-6-19-13(24)2/h6,8,11,14H,4-5,7,9-10H2,1-3H3/t14-/m0/s1. The third-order valence-corrected chi connectivity index (χ3v) is 5.26. The number of carbonyl (C=O) groups excluding carboxylic acids is 1. The molecule has 3 aromatic heterocycles. The lowest BCUT2D eigenvalue weighted by Crippen LogP contribution is -2.40. The van der Waals surface area contributed by atoms with Crippen LogP contribution in [-0.2, 0) is 13.6 Å². The number of piperidine rings is 1. The summed E-state index contributed by atoms with van der Waals surface area (Å²) in [4.78, 5) is 22.9. The summed E-state index contributed by atoms with van der Waals surface area (Å²) in [5.41, 5.74) is 0.393. The highest BCUT2D eigenvalue weighted by Gasteiger charge is 2.30. The van der Waals surface area contributed by atoms with E-state index in [9.17, 15) is 4.79 Å². The van der Waals surface area contributed by atoms with Crippen molar-refractivity contribution < 1.29 is 9.21 Å². The number of rotatable bonds is 4. The lowest BCUT2D eigenvalue weighted by atomic mass is 9.97. The van der Waals surface area contributed by atoms with Gasteiger partial charge in [-0.2, -0.15) is 0 Å². The minimum Gasteiger partial charge on any atom is -0.448 e. The molecule has 1 aliphatic rings. The highest BCUT2D eigenvalue weighted by Crippen LogP contribution is 2.27. The Morgan fingerprint density at radius 2 is 2.15 bits per heavy atom. The molecule has 27 heavy (non-hydrogen) atoms. The number of oxazole rings is 1. The van der Waals surface area contributed by atoms with Crippen LogP contribution in [0.15, 0.2) is 23.2 Å². The number of nitrogens with zero attached hydrogens (tertiary/aromatic N) is 7. The monoisotopic (exact) mass is 369 g/mol. The minimum absolute atomic E-state index is 0.0811. The molecule has 4 rings (SSSR count). The second kappa shape index (κ2) is 6.98. The van der Waals surface area contributed by atoms with Crippen molar-refractivity contribution in [1.29, 1.82) is 0 Å². The first-order valence-corrected chi connectivity index (χ1v) is 9.10. The van der Waals surface area contributed by atoms with Crippen molar-refractivity contribution in [2.24, 2.45) is 7.05 Å². The second-order valence-electron chi connectivity index (χ2n) is 6.98. The van der Waals surface area contributed by atoms with Gasteiger partial charge in [0.05, 0.1) is 6.54 Å². The first-order valence-electron chi connectivity index (χ1n) is 9.10. The zero-order valence-corrected chi connectivity index (χ0v) is 15.8. The minimum atomic E-state index is -0.0811. The van der Waals surface area contributed by atoms with E-state index < -0.39 is 0 Å². The summed E-state index contributed by atoms with van der Waals surface area (Å²) in [5, 5.41) is 8.81. The van der Waals surface area contributed by atoms with Crippen LogP contribution in [0.3, 0.4) is 0 Å². The molecule has 1 saturated heterocycles. The van der Waals surface area contributed by atoms with Gasteiger partial charge in [-0.3, -0.25) is 4.79 Å². The number of hydrogen-bond donors (Lipinski definition) is 0. The fourth-order valence-electron chi connectivity index (χ4n) is 3.62. The SMILES string of the molecule is Cc1ocnc1C(=O)N1CCC[C@H](c2nnc(Cn3ccnc3C)n2C)C1. The normalized spacial score (nSPS) is 17.4. The molecule has 9 heteroatoms. The predicted molar refractivity (Wildman–Crippen MR) is 96.2 cm³/mol. The van der Waals surface area contributed by atoms with Crippen LogP contribution in [0, 0.1) is 13.8 Å². The molecular formula is C18H23N7O2. The Hall–Kier alpha value is -2.97. The maximum Gasteiger partial charge on any atom is 0.276 e. The maximum atomic E-state index is 12.7. The zero-order chi connectivity index (χ0) is 19.0. The second-order valence-corrected chi connectivity index (χ2v) is 6.98. The van der Waals surface area contributed by atoms with Crippen LogP contribution in [0.2, 0.25) is 0 Å². The fourth-order valence-corrected chi connectivity index (χ4v) is 3.62. The number of amides is 1. The van der Waals surface area contributed by atoms with Crippen LogP contribution in [0.5, 0.6) is 0 Å². The molecule has 4 heterocycles. The summed E-state index contributed by atoms with van der Waals surface area (Å²) in [5.74, 6) is 3.36. The van der Waals surface area contributed by atoms with Crippen LogP contribution < -0.4 is 0 Å². The molecule has 1 aliphatic heterocycles. The number of aryl methyl sites for hydroxylation is 2. The van der Waals surface area contributed by atoms with Crippen LogP contribution in [0.4, 0.5) is 0 Å². The Morgan fingerprint density at radius 1 is 1.30 bits per heavy atom. The molecule has 0 bridgehead atoms. The highest BCUT2D eigenvalue weighted by atomic mass is 16.3. The van der Waals surface area contributed by atoms with Gasteiger partial charge in [0.25, 0.3) is 5.91 Å². The summed E-state index contributed by atoms with van der Waals surface area (Å²) in [7, 11) is 1.99. The zero-order valence-electron chi connectivity index (χ0n) is 15.8. The molecular weight excluding hydrogens is 346 g/mol. The Bertz CT molecular complexity index is 955. The van der Waals surface area contributed by atoms with Gasteiger partial charge in [-0.05, 0) is 26.7 Å². The third-order valence-electron chi connectivity index (χ3n) is 5.26. The van der Waals surface area contributed by atoms with E-state index in [1.165, 1.54) is 6.39 Å². The summed E-state index contributed by atoms with van der Waals surface area (Å²) in [6.45, 7) is 5.69. The van der Waals surface area contributed by atoms with Crippen molar-refractivity contribution in [2.45, 2.75) is 39.2 Å². The molecule has 142 valence electrons. The molecule has 1 fully saturated rings. The first-order chi connectivity index (χ1) is 13.0. The Labute approximate surface area is 157 Å². The quantitative estimate of drug-likeness (QED) is 0.694. The van der Waals surface area contributed by atoms with Crippen molar-refractivity contribution in [3.05, 3.63) is 47.7 Å². The Kier molecular flexibility index (Phi) is 4.51. The molecule has 0 aliphatic carbocycles. The van der Waals surface area contributed by atoms with Gasteiger partial charge in [-0.25, -0.2) is 9.97 Å². The molecule has 1 amide bonds. The summed E-state index contributed by atoms with van der Waals surface area (Å²) >= 11 is 0. The van der Waals surface area contributed by atoms with Gasteiger partial charge >= 0.3 is 0 Å². The molecule has 1 atom stereocenters. The van der Waals surface area contributed by atoms with E-state index in [1.807, 2.05) is 34.2 Å². The van der Waals surface area contributed by atoms with Crippen molar-refractivity contribution in [3.8, 4) is 0 Å². The smallest absolute Gasteiger partial charge is 0.276 e.